The quantitative estimate of drug-likeness (QED) is 0.785. The van der Waals surface area contributed by atoms with Gasteiger partial charge in [-0.2, -0.15) is 0 Å². The summed E-state index contributed by atoms with van der Waals surface area (Å²) in [6.45, 7) is 2.26. The van der Waals surface area contributed by atoms with Crippen LogP contribution in [0.2, 0.25) is 0 Å². The third-order valence-corrected chi connectivity index (χ3v) is 3.71. The van der Waals surface area contributed by atoms with Gasteiger partial charge in [-0.15, -0.1) is 0 Å². The van der Waals surface area contributed by atoms with Gasteiger partial charge < -0.3 is 14.7 Å². The smallest absolute Gasteiger partial charge is 0.304 e. The van der Waals surface area contributed by atoms with Crippen molar-refractivity contribution >= 4 is 11.9 Å². The predicted octanol–water partition coefficient (Wildman–Crippen LogP) is 1.59. The summed E-state index contributed by atoms with van der Waals surface area (Å²) in [6.07, 6.45) is -0.0263. The molecule has 0 aliphatic rings. The Bertz CT molecular complexity index is 565. The second-order valence-corrected chi connectivity index (χ2v) is 5.46. The minimum atomic E-state index is -0.904. The highest BCUT2D eigenvalue weighted by atomic mass is 19.1. The first-order chi connectivity index (χ1) is 10.8. The van der Waals surface area contributed by atoms with Crippen molar-refractivity contribution in [3.05, 3.63) is 29.6 Å². The van der Waals surface area contributed by atoms with Gasteiger partial charge in [0.25, 0.3) is 0 Å². The first kappa shape index (κ1) is 18.9. The maximum Gasteiger partial charge on any atom is 0.304 e. The third kappa shape index (κ3) is 5.52. The SMILES string of the molecule is COc1ccc(CN(C)C(=O)C(C)N(C)CCC(=O)O)cc1F. The van der Waals surface area contributed by atoms with Crippen LogP contribution in [0.5, 0.6) is 5.75 Å². The Morgan fingerprint density at radius 3 is 2.52 bits per heavy atom. The Morgan fingerprint density at radius 1 is 1.35 bits per heavy atom. The Morgan fingerprint density at radius 2 is 2.00 bits per heavy atom. The van der Waals surface area contributed by atoms with E-state index in [4.69, 9.17) is 9.84 Å². The number of carbonyl (C=O) groups is 2. The molecule has 0 saturated carbocycles. The molecular formula is C16H23FN2O4. The summed E-state index contributed by atoms with van der Waals surface area (Å²) in [5.74, 6) is -1.38. The number of aliphatic carboxylic acids is 1. The van der Waals surface area contributed by atoms with Crippen LogP contribution in [0, 0.1) is 5.82 Å². The van der Waals surface area contributed by atoms with Crippen molar-refractivity contribution in [3.8, 4) is 5.75 Å². The van der Waals surface area contributed by atoms with E-state index in [2.05, 4.69) is 0 Å². The predicted molar refractivity (Wildman–Crippen MR) is 83.8 cm³/mol. The average molecular weight is 326 g/mol. The molecule has 0 heterocycles. The number of nitrogens with zero attached hydrogens (tertiary/aromatic N) is 2. The van der Waals surface area contributed by atoms with Crippen molar-refractivity contribution in [2.75, 3.05) is 27.7 Å². The average Bonchev–Trinajstić information content (AvgIpc) is 2.51. The van der Waals surface area contributed by atoms with Gasteiger partial charge in [-0.3, -0.25) is 14.5 Å². The van der Waals surface area contributed by atoms with Gasteiger partial charge in [0.2, 0.25) is 5.91 Å². The van der Waals surface area contributed by atoms with Crippen LogP contribution < -0.4 is 4.74 Å². The number of benzene rings is 1. The number of carboxylic acid groups (broad SMARTS) is 1. The molecule has 128 valence electrons. The number of carbonyl (C=O) groups excluding carboxylic acids is 1. The fourth-order valence-electron chi connectivity index (χ4n) is 2.13. The van der Waals surface area contributed by atoms with Crippen LogP contribution >= 0.6 is 0 Å². The lowest BCUT2D eigenvalue weighted by Gasteiger charge is -2.28. The fourth-order valence-corrected chi connectivity index (χ4v) is 2.13. The first-order valence-corrected chi connectivity index (χ1v) is 7.25. The number of hydrogen-bond donors (Lipinski definition) is 1. The highest BCUT2D eigenvalue weighted by Gasteiger charge is 2.22. The zero-order valence-corrected chi connectivity index (χ0v) is 13.9. The largest absolute Gasteiger partial charge is 0.494 e. The molecule has 7 heteroatoms. The first-order valence-electron chi connectivity index (χ1n) is 7.25. The molecule has 23 heavy (non-hydrogen) atoms. The van der Waals surface area contributed by atoms with E-state index < -0.39 is 17.8 Å². The van der Waals surface area contributed by atoms with Crippen molar-refractivity contribution in [1.82, 2.24) is 9.80 Å². The van der Waals surface area contributed by atoms with Crippen LogP contribution in [0.4, 0.5) is 4.39 Å². The number of ether oxygens (including phenoxy) is 1. The number of rotatable bonds is 8. The highest BCUT2D eigenvalue weighted by Crippen LogP contribution is 2.18. The van der Waals surface area contributed by atoms with E-state index in [0.29, 0.717) is 5.56 Å². The van der Waals surface area contributed by atoms with Gasteiger partial charge >= 0.3 is 5.97 Å². The van der Waals surface area contributed by atoms with Gasteiger partial charge in [0.05, 0.1) is 19.6 Å². The van der Waals surface area contributed by atoms with Gasteiger partial charge in [0, 0.05) is 20.1 Å². The summed E-state index contributed by atoms with van der Waals surface area (Å²) < 4.78 is 18.5. The van der Waals surface area contributed by atoms with E-state index in [9.17, 15) is 14.0 Å². The summed E-state index contributed by atoms with van der Waals surface area (Å²) in [7, 11) is 4.72. The standard InChI is InChI=1S/C16H23FN2O4/c1-11(18(2)8-7-15(20)21)16(22)19(3)10-12-5-6-14(23-4)13(17)9-12/h5-6,9,11H,7-8,10H2,1-4H3,(H,20,21). The van der Waals surface area contributed by atoms with Crippen molar-refractivity contribution in [2.24, 2.45) is 0 Å². The summed E-state index contributed by atoms with van der Waals surface area (Å²) in [5, 5.41) is 8.69. The Balaban J connectivity index is 2.65. The van der Waals surface area contributed by atoms with E-state index in [-0.39, 0.29) is 31.2 Å². The normalized spacial score (nSPS) is 12.1. The van der Waals surface area contributed by atoms with E-state index in [1.54, 1.807) is 32.0 Å². The van der Waals surface area contributed by atoms with Crippen molar-refractivity contribution in [1.29, 1.82) is 0 Å². The van der Waals surface area contributed by atoms with Crippen LogP contribution in [0.25, 0.3) is 0 Å². The molecule has 0 radical (unpaired) electrons. The highest BCUT2D eigenvalue weighted by molar-refractivity contribution is 5.81. The number of methoxy groups -OCH3 is 1. The number of likely N-dealkylation sites (N-methyl/N-ethyl adjacent to an activating group) is 2. The summed E-state index contributed by atoms with van der Waals surface area (Å²) in [6, 6.07) is 4.10. The molecule has 1 atom stereocenters. The number of amides is 1. The lowest BCUT2D eigenvalue weighted by Crippen LogP contribution is -2.44. The van der Waals surface area contributed by atoms with E-state index in [0.717, 1.165) is 0 Å². The maximum absolute atomic E-state index is 13.7. The topological polar surface area (TPSA) is 70.1 Å². The number of hydrogen-bond acceptors (Lipinski definition) is 4. The van der Waals surface area contributed by atoms with Crippen LogP contribution in [0.3, 0.4) is 0 Å². The summed E-state index contributed by atoms with van der Waals surface area (Å²) in [5.41, 5.74) is 0.652. The molecule has 0 spiro atoms. The molecule has 6 nitrogen and oxygen atoms in total. The minimum absolute atomic E-state index is 0.0263. The zero-order chi connectivity index (χ0) is 17.6. The molecule has 1 unspecified atom stereocenters. The van der Waals surface area contributed by atoms with Gasteiger partial charge in [0.15, 0.2) is 11.6 Å². The van der Waals surface area contributed by atoms with E-state index in [1.807, 2.05) is 0 Å². The molecule has 1 aromatic carbocycles. The monoisotopic (exact) mass is 326 g/mol. The molecule has 0 fully saturated rings. The maximum atomic E-state index is 13.7. The van der Waals surface area contributed by atoms with Gasteiger partial charge in [-0.05, 0) is 31.7 Å². The van der Waals surface area contributed by atoms with E-state index in [1.165, 1.54) is 24.1 Å². The van der Waals surface area contributed by atoms with Crippen molar-refractivity contribution in [2.45, 2.75) is 25.9 Å². The lowest BCUT2D eigenvalue weighted by molar-refractivity contribution is -0.139. The van der Waals surface area contributed by atoms with Gasteiger partial charge in [-0.25, -0.2) is 4.39 Å². The third-order valence-electron chi connectivity index (χ3n) is 3.71. The lowest BCUT2D eigenvalue weighted by atomic mass is 10.1. The molecule has 0 aromatic heterocycles. The second kappa shape index (κ2) is 8.47. The van der Waals surface area contributed by atoms with Gasteiger partial charge in [0.1, 0.15) is 0 Å². The summed E-state index contributed by atoms with van der Waals surface area (Å²) in [4.78, 5) is 26.1. The minimum Gasteiger partial charge on any atom is -0.494 e. The number of carboxylic acids is 1. The molecule has 1 N–H and O–H groups in total. The zero-order valence-electron chi connectivity index (χ0n) is 13.9. The number of halogens is 1. The van der Waals surface area contributed by atoms with Crippen LogP contribution in [0.1, 0.15) is 18.9 Å². The Labute approximate surface area is 135 Å². The molecule has 1 amide bonds. The molecule has 0 saturated heterocycles. The van der Waals surface area contributed by atoms with Crippen LogP contribution in [0.15, 0.2) is 18.2 Å². The molecule has 1 rings (SSSR count). The van der Waals surface area contributed by atoms with Crippen molar-refractivity contribution < 1.29 is 23.8 Å². The summed E-state index contributed by atoms with van der Waals surface area (Å²) >= 11 is 0. The molecule has 1 aromatic rings. The van der Waals surface area contributed by atoms with Gasteiger partial charge in [-0.1, -0.05) is 6.07 Å². The molecule has 0 bridgehead atoms. The Kier molecular flexibility index (Phi) is 6.96. The van der Waals surface area contributed by atoms with Crippen LogP contribution in [-0.4, -0.2) is 60.6 Å². The Hall–Kier alpha value is -2.15. The van der Waals surface area contributed by atoms with E-state index >= 15 is 0 Å². The molecule has 0 aliphatic heterocycles. The fraction of sp³-hybridized carbons (Fsp3) is 0.500. The van der Waals surface area contributed by atoms with Crippen LogP contribution in [-0.2, 0) is 16.1 Å². The molecular weight excluding hydrogens is 303 g/mol. The second-order valence-electron chi connectivity index (χ2n) is 5.46. The molecule has 0 aliphatic carbocycles. The van der Waals surface area contributed by atoms with Crippen molar-refractivity contribution in [3.63, 3.8) is 0 Å².